The minimum absolute atomic E-state index is 0.326. The molecule has 152 valence electrons. The smallest absolute Gasteiger partial charge is 0.466 e. The number of hydrogen-bond donors (Lipinski definition) is 0. The Morgan fingerprint density at radius 3 is 2.34 bits per heavy atom. The SMILES string of the molecule is COC(=O)/C=C/c1ccccc1N1CCN(c2ccc(OC(F)(F)F)cc2)C1=O. The maximum Gasteiger partial charge on any atom is 0.573 e. The van der Waals surface area contributed by atoms with Crippen LogP contribution in [0.15, 0.2) is 54.6 Å². The number of rotatable bonds is 5. The summed E-state index contributed by atoms with van der Waals surface area (Å²) in [4.78, 5) is 27.2. The van der Waals surface area contributed by atoms with Crippen molar-refractivity contribution in [3.63, 3.8) is 0 Å². The molecule has 0 aliphatic carbocycles. The molecule has 2 amide bonds. The summed E-state index contributed by atoms with van der Waals surface area (Å²) in [5, 5.41) is 0. The zero-order valence-corrected chi connectivity index (χ0v) is 15.3. The van der Waals surface area contributed by atoms with Crippen molar-refractivity contribution in [1.29, 1.82) is 0 Å². The van der Waals surface area contributed by atoms with Crippen LogP contribution in [0.5, 0.6) is 5.75 Å². The highest BCUT2D eigenvalue weighted by Crippen LogP contribution is 2.30. The van der Waals surface area contributed by atoms with Gasteiger partial charge in [0.05, 0.1) is 12.8 Å². The molecule has 1 saturated heterocycles. The molecule has 9 heteroatoms. The van der Waals surface area contributed by atoms with Gasteiger partial charge in [-0.2, -0.15) is 0 Å². The van der Waals surface area contributed by atoms with E-state index in [0.717, 1.165) is 12.1 Å². The van der Waals surface area contributed by atoms with Crippen LogP contribution in [-0.2, 0) is 9.53 Å². The highest BCUT2D eigenvalue weighted by atomic mass is 19.4. The van der Waals surface area contributed by atoms with Crippen LogP contribution in [-0.4, -0.2) is 38.6 Å². The highest BCUT2D eigenvalue weighted by Gasteiger charge is 2.33. The molecule has 1 aliphatic heterocycles. The number of urea groups is 1. The second-order valence-corrected chi connectivity index (χ2v) is 6.04. The third-order valence-electron chi connectivity index (χ3n) is 4.22. The molecule has 0 spiro atoms. The third kappa shape index (κ3) is 4.87. The molecule has 29 heavy (non-hydrogen) atoms. The lowest BCUT2D eigenvalue weighted by molar-refractivity contribution is -0.274. The van der Waals surface area contributed by atoms with Gasteiger partial charge in [0.15, 0.2) is 0 Å². The molecule has 1 aliphatic rings. The topological polar surface area (TPSA) is 59.1 Å². The van der Waals surface area contributed by atoms with Gasteiger partial charge in [-0.15, -0.1) is 13.2 Å². The molecule has 1 heterocycles. The van der Waals surface area contributed by atoms with E-state index in [0.29, 0.717) is 30.0 Å². The fourth-order valence-electron chi connectivity index (χ4n) is 2.93. The van der Waals surface area contributed by atoms with Gasteiger partial charge in [-0.3, -0.25) is 9.80 Å². The number of benzene rings is 2. The number of para-hydroxylation sites is 1. The Morgan fingerprint density at radius 1 is 1.03 bits per heavy atom. The van der Waals surface area contributed by atoms with Crippen LogP contribution in [0.3, 0.4) is 0 Å². The number of carbonyl (C=O) groups is 2. The van der Waals surface area contributed by atoms with Gasteiger partial charge in [0, 0.05) is 24.9 Å². The van der Waals surface area contributed by atoms with Crippen LogP contribution in [0.4, 0.5) is 29.3 Å². The summed E-state index contributed by atoms with van der Waals surface area (Å²) >= 11 is 0. The predicted molar refractivity (Wildman–Crippen MR) is 101 cm³/mol. The van der Waals surface area contributed by atoms with Crippen molar-refractivity contribution in [1.82, 2.24) is 0 Å². The van der Waals surface area contributed by atoms with Crippen molar-refractivity contribution in [3.8, 4) is 5.75 Å². The van der Waals surface area contributed by atoms with Crippen LogP contribution in [0.1, 0.15) is 5.56 Å². The Balaban J connectivity index is 1.79. The molecule has 6 nitrogen and oxygen atoms in total. The summed E-state index contributed by atoms with van der Waals surface area (Å²) in [5.41, 5.74) is 1.72. The highest BCUT2D eigenvalue weighted by molar-refractivity contribution is 6.07. The van der Waals surface area contributed by atoms with E-state index in [9.17, 15) is 22.8 Å². The van der Waals surface area contributed by atoms with Crippen molar-refractivity contribution in [2.24, 2.45) is 0 Å². The lowest BCUT2D eigenvalue weighted by Crippen LogP contribution is -2.32. The van der Waals surface area contributed by atoms with Crippen molar-refractivity contribution >= 4 is 29.5 Å². The normalized spacial score (nSPS) is 14.6. The molecule has 2 aromatic rings. The van der Waals surface area contributed by atoms with Gasteiger partial charge in [0.25, 0.3) is 0 Å². The number of alkyl halides is 3. The van der Waals surface area contributed by atoms with Crippen molar-refractivity contribution < 1.29 is 32.2 Å². The maximum atomic E-state index is 12.9. The minimum atomic E-state index is -4.77. The largest absolute Gasteiger partial charge is 0.573 e. The maximum absolute atomic E-state index is 12.9. The van der Waals surface area contributed by atoms with Crippen molar-refractivity contribution in [2.45, 2.75) is 6.36 Å². The van der Waals surface area contributed by atoms with Crippen LogP contribution in [0.25, 0.3) is 6.08 Å². The quantitative estimate of drug-likeness (QED) is 0.551. The average molecular weight is 406 g/mol. The number of anilines is 2. The zero-order chi connectivity index (χ0) is 21.0. The summed E-state index contributed by atoms with van der Waals surface area (Å²) in [6.45, 7) is 0.732. The first-order chi connectivity index (χ1) is 13.8. The number of ether oxygens (including phenoxy) is 2. The lowest BCUT2D eigenvalue weighted by atomic mass is 10.1. The number of amides is 2. The zero-order valence-electron chi connectivity index (χ0n) is 15.3. The number of halogens is 3. The first-order valence-corrected chi connectivity index (χ1v) is 8.58. The molecule has 0 radical (unpaired) electrons. The van der Waals surface area contributed by atoms with Gasteiger partial charge in [0.1, 0.15) is 5.75 Å². The molecule has 0 aromatic heterocycles. The monoisotopic (exact) mass is 406 g/mol. The fourth-order valence-corrected chi connectivity index (χ4v) is 2.93. The van der Waals surface area contributed by atoms with E-state index in [4.69, 9.17) is 0 Å². The van der Waals surface area contributed by atoms with E-state index in [1.165, 1.54) is 35.1 Å². The molecule has 3 rings (SSSR count). The van der Waals surface area contributed by atoms with Crippen molar-refractivity contribution in [3.05, 3.63) is 60.2 Å². The van der Waals surface area contributed by atoms with E-state index in [2.05, 4.69) is 9.47 Å². The van der Waals surface area contributed by atoms with Gasteiger partial charge < -0.3 is 9.47 Å². The molecular formula is C20H17F3N2O4. The molecule has 0 saturated carbocycles. The molecule has 1 fully saturated rings. The number of hydrogen-bond acceptors (Lipinski definition) is 4. The predicted octanol–water partition coefficient (Wildman–Crippen LogP) is 4.22. The number of nitrogens with zero attached hydrogens (tertiary/aromatic N) is 2. The number of carbonyl (C=O) groups excluding carboxylic acids is 2. The van der Waals surface area contributed by atoms with Gasteiger partial charge in [-0.25, -0.2) is 9.59 Å². The average Bonchev–Trinajstić information content (AvgIpc) is 3.07. The number of methoxy groups -OCH3 is 1. The second-order valence-electron chi connectivity index (χ2n) is 6.04. The van der Waals surface area contributed by atoms with Gasteiger partial charge >= 0.3 is 18.4 Å². The lowest BCUT2D eigenvalue weighted by Gasteiger charge is -2.20. The molecule has 0 unspecified atom stereocenters. The Kier molecular flexibility index (Phi) is 5.76. The molecule has 0 bridgehead atoms. The van der Waals surface area contributed by atoms with Gasteiger partial charge in [-0.05, 0) is 42.0 Å². The van der Waals surface area contributed by atoms with Crippen LogP contribution >= 0.6 is 0 Å². The fraction of sp³-hybridized carbons (Fsp3) is 0.200. The minimum Gasteiger partial charge on any atom is -0.466 e. The summed E-state index contributed by atoms with van der Waals surface area (Å²) in [6, 6.07) is 11.8. The number of esters is 1. The first kappa shape index (κ1) is 20.2. The van der Waals surface area contributed by atoms with Gasteiger partial charge in [0.2, 0.25) is 0 Å². The molecule has 2 aromatic carbocycles. The van der Waals surface area contributed by atoms with Crippen LogP contribution < -0.4 is 14.5 Å². The Bertz CT molecular complexity index is 926. The Morgan fingerprint density at radius 2 is 1.69 bits per heavy atom. The standard InChI is InChI=1S/C20H17F3N2O4/c1-28-18(26)11-6-14-4-2-3-5-17(14)25-13-12-24(19(25)27)15-7-9-16(10-8-15)29-20(21,22)23/h2-11H,12-13H2,1H3/b11-6+. The summed E-state index contributed by atoms with van der Waals surface area (Å²) in [6.07, 6.45) is -1.96. The summed E-state index contributed by atoms with van der Waals surface area (Å²) in [7, 11) is 1.27. The van der Waals surface area contributed by atoms with E-state index < -0.39 is 12.3 Å². The summed E-state index contributed by atoms with van der Waals surface area (Å²) < 4.78 is 45.3. The third-order valence-corrected chi connectivity index (χ3v) is 4.22. The first-order valence-electron chi connectivity index (χ1n) is 8.58. The van der Waals surface area contributed by atoms with Crippen LogP contribution in [0.2, 0.25) is 0 Å². The Hall–Kier alpha value is -3.49. The van der Waals surface area contributed by atoms with Crippen LogP contribution in [0, 0.1) is 0 Å². The molecular weight excluding hydrogens is 389 g/mol. The Labute approximate surface area is 164 Å². The van der Waals surface area contributed by atoms with E-state index in [1.54, 1.807) is 30.3 Å². The van der Waals surface area contributed by atoms with Gasteiger partial charge in [-0.1, -0.05) is 18.2 Å². The van der Waals surface area contributed by atoms with E-state index in [-0.39, 0.29) is 11.8 Å². The van der Waals surface area contributed by atoms with E-state index >= 15 is 0 Å². The van der Waals surface area contributed by atoms with Crippen molar-refractivity contribution in [2.75, 3.05) is 30.0 Å². The molecule has 0 atom stereocenters. The second kappa shape index (κ2) is 8.26. The van der Waals surface area contributed by atoms with E-state index in [1.807, 2.05) is 0 Å². The summed E-state index contributed by atoms with van der Waals surface area (Å²) in [5.74, 6) is -0.876. The molecule has 0 N–H and O–H groups in total.